The number of methoxy groups -OCH3 is 1. The van der Waals surface area contributed by atoms with Crippen molar-refractivity contribution in [1.82, 2.24) is 0 Å². The van der Waals surface area contributed by atoms with Gasteiger partial charge in [0.05, 0.1) is 7.11 Å². The van der Waals surface area contributed by atoms with Crippen molar-refractivity contribution in [3.05, 3.63) is 0 Å². The quantitative estimate of drug-likeness (QED) is 0.429. The summed E-state index contributed by atoms with van der Waals surface area (Å²) in [6, 6.07) is 0. The van der Waals surface area contributed by atoms with Gasteiger partial charge in [-0.25, -0.2) is 4.79 Å². The highest BCUT2D eigenvalue weighted by atomic mass is 16.5. The highest BCUT2D eigenvalue weighted by molar-refractivity contribution is 5.84. The molecule has 0 fully saturated rings. The maximum atomic E-state index is 11.0. The van der Waals surface area contributed by atoms with Crippen LogP contribution in [0, 0.1) is 12.3 Å². The first-order valence-electron chi connectivity index (χ1n) is 3.66. The van der Waals surface area contributed by atoms with Gasteiger partial charge in [-0.15, -0.1) is 6.42 Å². The monoisotopic (exact) mass is 170 g/mol. The molecule has 1 atom stereocenters. The molecule has 0 aliphatic rings. The van der Waals surface area contributed by atoms with E-state index in [0.29, 0.717) is 19.4 Å². The molecule has 0 radical (unpaired) electrons. The molecular weight excluding hydrogens is 156 g/mol. The minimum absolute atomic E-state index is 0.354. The average molecular weight is 170 g/mol. The van der Waals surface area contributed by atoms with Crippen LogP contribution in [0.25, 0.3) is 0 Å². The topological polar surface area (TPSA) is 78.3 Å². The van der Waals surface area contributed by atoms with E-state index in [0.717, 1.165) is 0 Å². The highest BCUT2D eigenvalue weighted by Crippen LogP contribution is 2.09. The Morgan fingerprint density at radius 2 is 2.33 bits per heavy atom. The third kappa shape index (κ3) is 2.53. The number of rotatable bonds is 4. The van der Waals surface area contributed by atoms with Gasteiger partial charge in [0.25, 0.3) is 0 Å². The van der Waals surface area contributed by atoms with Gasteiger partial charge in [0.15, 0.2) is 5.54 Å². The minimum atomic E-state index is -1.31. The van der Waals surface area contributed by atoms with Crippen molar-refractivity contribution in [3.63, 3.8) is 0 Å². The smallest absolute Gasteiger partial charge is 0.338 e. The average Bonchev–Trinajstić information content (AvgIpc) is 2.12. The molecule has 0 bridgehead atoms. The number of nitrogens with two attached hydrogens (primary N) is 2. The van der Waals surface area contributed by atoms with Gasteiger partial charge < -0.3 is 16.2 Å². The van der Waals surface area contributed by atoms with Gasteiger partial charge in [-0.3, -0.25) is 0 Å². The number of hydrogen-bond donors (Lipinski definition) is 2. The Kier molecular flexibility index (Phi) is 4.34. The summed E-state index contributed by atoms with van der Waals surface area (Å²) in [5, 5.41) is 0. The molecule has 0 saturated heterocycles. The van der Waals surface area contributed by atoms with E-state index >= 15 is 0 Å². The van der Waals surface area contributed by atoms with Crippen molar-refractivity contribution in [2.45, 2.75) is 18.4 Å². The highest BCUT2D eigenvalue weighted by Gasteiger charge is 2.31. The number of esters is 1. The van der Waals surface area contributed by atoms with Crippen molar-refractivity contribution in [2.24, 2.45) is 11.5 Å². The lowest BCUT2D eigenvalue weighted by Gasteiger charge is -2.19. The third-order valence-electron chi connectivity index (χ3n) is 1.58. The van der Waals surface area contributed by atoms with Gasteiger partial charge in [-0.05, 0) is 19.4 Å². The standard InChI is InChI=1S/C8H14N2O2/c1-3-8(10,5-4-6-9)7(11)12-2/h1H,4-6,9-10H2,2H3/t8-/m0/s1. The first-order valence-corrected chi connectivity index (χ1v) is 3.66. The van der Waals surface area contributed by atoms with E-state index in [4.69, 9.17) is 17.9 Å². The van der Waals surface area contributed by atoms with Crippen molar-refractivity contribution in [3.8, 4) is 12.3 Å². The zero-order valence-electron chi connectivity index (χ0n) is 7.17. The molecule has 0 aliphatic carbocycles. The zero-order chi connectivity index (χ0) is 9.61. The Balaban J connectivity index is 4.26. The van der Waals surface area contributed by atoms with Gasteiger partial charge in [0, 0.05) is 0 Å². The van der Waals surface area contributed by atoms with E-state index in [-0.39, 0.29) is 0 Å². The first-order chi connectivity index (χ1) is 5.60. The summed E-state index contributed by atoms with van der Waals surface area (Å²) in [4.78, 5) is 11.0. The van der Waals surface area contributed by atoms with Crippen LogP contribution in [0.1, 0.15) is 12.8 Å². The maximum Gasteiger partial charge on any atom is 0.338 e. The predicted octanol–water partition coefficient (Wildman–Crippen LogP) is -0.771. The third-order valence-corrected chi connectivity index (χ3v) is 1.58. The molecule has 0 aliphatic heterocycles. The molecular formula is C8H14N2O2. The largest absolute Gasteiger partial charge is 0.467 e. The van der Waals surface area contributed by atoms with E-state index < -0.39 is 11.5 Å². The maximum absolute atomic E-state index is 11.0. The summed E-state index contributed by atoms with van der Waals surface area (Å²) in [5.74, 6) is 1.63. The van der Waals surface area contributed by atoms with Gasteiger partial charge in [-0.2, -0.15) is 0 Å². The molecule has 0 unspecified atom stereocenters. The molecule has 0 aromatic heterocycles. The van der Waals surface area contributed by atoms with Gasteiger partial charge >= 0.3 is 5.97 Å². The Hall–Kier alpha value is -1.05. The Labute approximate surface area is 72.2 Å². The van der Waals surface area contributed by atoms with E-state index in [9.17, 15) is 4.79 Å². The fourth-order valence-corrected chi connectivity index (χ4v) is 0.796. The molecule has 0 spiro atoms. The van der Waals surface area contributed by atoms with Crippen LogP contribution in [0.15, 0.2) is 0 Å². The second-order valence-corrected chi connectivity index (χ2v) is 2.50. The lowest BCUT2D eigenvalue weighted by molar-refractivity contribution is -0.145. The van der Waals surface area contributed by atoms with E-state index in [1.807, 2.05) is 0 Å². The van der Waals surface area contributed by atoms with Crippen molar-refractivity contribution in [1.29, 1.82) is 0 Å². The van der Waals surface area contributed by atoms with Gasteiger partial charge in [0.2, 0.25) is 0 Å². The molecule has 0 saturated carbocycles. The molecule has 68 valence electrons. The minimum Gasteiger partial charge on any atom is -0.467 e. The molecule has 0 rings (SSSR count). The van der Waals surface area contributed by atoms with Gasteiger partial charge in [0.1, 0.15) is 0 Å². The van der Waals surface area contributed by atoms with E-state index in [1.54, 1.807) is 0 Å². The molecule has 0 heterocycles. The SMILES string of the molecule is C#C[C@](N)(CCCN)C(=O)OC. The molecule has 4 heteroatoms. The number of hydrogen-bond acceptors (Lipinski definition) is 4. The second kappa shape index (κ2) is 4.75. The molecule has 12 heavy (non-hydrogen) atoms. The fourth-order valence-electron chi connectivity index (χ4n) is 0.796. The zero-order valence-corrected chi connectivity index (χ0v) is 7.17. The lowest BCUT2D eigenvalue weighted by atomic mass is 9.96. The molecule has 4 N–H and O–H groups in total. The number of terminal acetylenes is 1. The van der Waals surface area contributed by atoms with Crippen LogP contribution in [-0.4, -0.2) is 25.2 Å². The van der Waals surface area contributed by atoms with E-state index in [2.05, 4.69) is 10.7 Å². The van der Waals surface area contributed by atoms with Crippen LogP contribution in [0.4, 0.5) is 0 Å². The summed E-state index contributed by atoms with van der Waals surface area (Å²) in [6.07, 6.45) is 6.07. The summed E-state index contributed by atoms with van der Waals surface area (Å²) in [7, 11) is 1.25. The van der Waals surface area contributed by atoms with Crippen molar-refractivity contribution >= 4 is 5.97 Å². The normalized spacial score (nSPS) is 14.5. The Morgan fingerprint density at radius 3 is 2.67 bits per heavy atom. The molecule has 0 aromatic carbocycles. The molecule has 0 amide bonds. The molecule has 4 nitrogen and oxygen atoms in total. The van der Waals surface area contributed by atoms with Crippen molar-refractivity contribution in [2.75, 3.05) is 13.7 Å². The molecule has 0 aromatic rings. The number of carbonyl (C=O) groups is 1. The fraction of sp³-hybridized carbons (Fsp3) is 0.625. The van der Waals surface area contributed by atoms with Crippen molar-refractivity contribution < 1.29 is 9.53 Å². The van der Waals surface area contributed by atoms with Crippen LogP contribution in [-0.2, 0) is 9.53 Å². The summed E-state index contributed by atoms with van der Waals surface area (Å²) in [6.45, 7) is 0.456. The Bertz CT molecular complexity index is 198. The summed E-state index contributed by atoms with van der Waals surface area (Å²) >= 11 is 0. The summed E-state index contributed by atoms with van der Waals surface area (Å²) < 4.78 is 4.46. The lowest BCUT2D eigenvalue weighted by Crippen LogP contribution is -2.47. The predicted molar refractivity (Wildman–Crippen MR) is 46.1 cm³/mol. The summed E-state index contributed by atoms with van der Waals surface area (Å²) in [5.41, 5.74) is 9.52. The van der Waals surface area contributed by atoms with E-state index in [1.165, 1.54) is 7.11 Å². The number of ether oxygens (including phenoxy) is 1. The van der Waals surface area contributed by atoms with Crippen LogP contribution >= 0.6 is 0 Å². The van der Waals surface area contributed by atoms with Crippen LogP contribution in [0.5, 0.6) is 0 Å². The van der Waals surface area contributed by atoms with Gasteiger partial charge in [-0.1, -0.05) is 5.92 Å². The van der Waals surface area contributed by atoms with Crippen LogP contribution in [0.3, 0.4) is 0 Å². The number of carbonyl (C=O) groups excluding carboxylic acids is 1. The Morgan fingerprint density at radius 1 is 1.75 bits per heavy atom. The second-order valence-electron chi connectivity index (χ2n) is 2.50. The van der Waals surface area contributed by atoms with Crippen LogP contribution < -0.4 is 11.5 Å². The first kappa shape index (κ1) is 11.0. The van der Waals surface area contributed by atoms with Crippen LogP contribution in [0.2, 0.25) is 0 Å².